The van der Waals surface area contributed by atoms with E-state index in [1.54, 1.807) is 24.3 Å². The van der Waals surface area contributed by atoms with Gasteiger partial charge in [0.15, 0.2) is 0 Å². The molecule has 0 spiro atoms. The number of hydrogen-bond donors (Lipinski definition) is 0. The van der Waals surface area contributed by atoms with Crippen LogP contribution in [0.15, 0.2) is 28.7 Å². The summed E-state index contributed by atoms with van der Waals surface area (Å²) in [7, 11) is 0. The molecule has 1 aromatic carbocycles. The van der Waals surface area contributed by atoms with Crippen LogP contribution >= 0.6 is 15.9 Å². The second-order valence-electron chi connectivity index (χ2n) is 4.10. The number of ether oxygens (including phenoxy) is 1. The van der Waals surface area contributed by atoms with Crippen LogP contribution in [0.25, 0.3) is 0 Å². The van der Waals surface area contributed by atoms with Crippen LogP contribution in [0.5, 0.6) is 5.75 Å². The maximum Gasteiger partial charge on any atom is 0.397 e. The van der Waals surface area contributed by atoms with Crippen molar-refractivity contribution in [2.24, 2.45) is 5.41 Å². The Morgan fingerprint density at radius 1 is 1.19 bits per heavy atom. The molecule has 0 heterocycles. The van der Waals surface area contributed by atoms with Gasteiger partial charge < -0.3 is 4.74 Å². The van der Waals surface area contributed by atoms with Crippen molar-refractivity contribution in [3.63, 3.8) is 0 Å². The van der Waals surface area contributed by atoms with Gasteiger partial charge in [0.25, 0.3) is 0 Å². The highest BCUT2D eigenvalue weighted by atomic mass is 79.9. The minimum absolute atomic E-state index is 0.404. The van der Waals surface area contributed by atoms with Gasteiger partial charge in [0, 0.05) is 0 Å². The first-order valence-electron chi connectivity index (χ1n) is 4.68. The molecule has 1 aromatic rings. The molecule has 0 unspecified atom stereocenters. The summed E-state index contributed by atoms with van der Waals surface area (Å²) >= 11 is 3.21. The van der Waals surface area contributed by atoms with Gasteiger partial charge in [0.05, 0.1) is 9.89 Å². The molecule has 90 valence electrons. The molecule has 0 atom stereocenters. The van der Waals surface area contributed by atoms with Crippen LogP contribution in [0.4, 0.5) is 13.2 Å². The number of benzene rings is 1. The highest BCUT2D eigenvalue weighted by molar-refractivity contribution is 9.10. The monoisotopic (exact) mass is 296 g/mol. The van der Waals surface area contributed by atoms with Crippen molar-refractivity contribution in [3.8, 4) is 5.75 Å². The standard InChI is InChI=1S/C11H12BrF3O/c1-10(2,11(13,14)15)7-16-9-6-4-3-5-8(9)12/h3-6H,7H2,1-2H3. The molecule has 0 fully saturated rings. The van der Waals surface area contributed by atoms with E-state index in [1.165, 1.54) is 0 Å². The number of alkyl halides is 3. The van der Waals surface area contributed by atoms with Gasteiger partial charge in [-0.05, 0) is 41.9 Å². The van der Waals surface area contributed by atoms with Gasteiger partial charge in [0.1, 0.15) is 12.4 Å². The lowest BCUT2D eigenvalue weighted by Gasteiger charge is -2.27. The van der Waals surface area contributed by atoms with E-state index in [2.05, 4.69) is 15.9 Å². The van der Waals surface area contributed by atoms with Crippen LogP contribution in [0, 0.1) is 5.41 Å². The van der Waals surface area contributed by atoms with E-state index in [4.69, 9.17) is 4.74 Å². The van der Waals surface area contributed by atoms with Crippen molar-refractivity contribution in [2.75, 3.05) is 6.61 Å². The zero-order valence-corrected chi connectivity index (χ0v) is 10.5. The third kappa shape index (κ3) is 3.14. The van der Waals surface area contributed by atoms with Gasteiger partial charge >= 0.3 is 6.18 Å². The molecule has 0 aliphatic heterocycles. The zero-order chi connectivity index (χ0) is 12.4. The Kier molecular flexibility index (Phi) is 3.88. The van der Waals surface area contributed by atoms with Crippen molar-refractivity contribution < 1.29 is 17.9 Å². The first kappa shape index (κ1) is 13.4. The van der Waals surface area contributed by atoms with E-state index in [-0.39, 0.29) is 0 Å². The Labute approximate surface area is 101 Å². The van der Waals surface area contributed by atoms with Crippen molar-refractivity contribution in [3.05, 3.63) is 28.7 Å². The molecule has 1 rings (SSSR count). The molecular weight excluding hydrogens is 285 g/mol. The third-order valence-corrected chi connectivity index (χ3v) is 2.85. The highest BCUT2D eigenvalue weighted by Gasteiger charge is 2.48. The highest BCUT2D eigenvalue weighted by Crippen LogP contribution is 2.38. The first-order chi connectivity index (χ1) is 7.24. The lowest BCUT2D eigenvalue weighted by atomic mass is 9.94. The second-order valence-corrected chi connectivity index (χ2v) is 4.96. The van der Waals surface area contributed by atoms with Crippen LogP contribution in [0.2, 0.25) is 0 Å². The minimum atomic E-state index is -4.27. The summed E-state index contributed by atoms with van der Waals surface area (Å²) in [5, 5.41) is 0. The van der Waals surface area contributed by atoms with Crippen LogP contribution in [-0.4, -0.2) is 12.8 Å². The lowest BCUT2D eigenvalue weighted by molar-refractivity contribution is -0.219. The molecule has 0 N–H and O–H groups in total. The summed E-state index contributed by atoms with van der Waals surface area (Å²) in [5.41, 5.74) is -1.86. The van der Waals surface area contributed by atoms with Gasteiger partial charge in [0.2, 0.25) is 0 Å². The van der Waals surface area contributed by atoms with Crippen LogP contribution < -0.4 is 4.74 Å². The summed E-state index contributed by atoms with van der Waals surface area (Å²) < 4.78 is 43.4. The first-order valence-corrected chi connectivity index (χ1v) is 5.47. The molecule has 16 heavy (non-hydrogen) atoms. The smallest absolute Gasteiger partial charge is 0.397 e. The number of rotatable bonds is 3. The van der Waals surface area contributed by atoms with E-state index >= 15 is 0 Å². The SMILES string of the molecule is CC(C)(COc1ccccc1Br)C(F)(F)F. The molecule has 5 heteroatoms. The predicted molar refractivity (Wildman–Crippen MR) is 59.5 cm³/mol. The topological polar surface area (TPSA) is 9.23 Å². The largest absolute Gasteiger partial charge is 0.491 e. The van der Waals surface area contributed by atoms with E-state index < -0.39 is 18.2 Å². The Bertz CT molecular complexity index is 360. The van der Waals surface area contributed by atoms with Crippen molar-refractivity contribution in [2.45, 2.75) is 20.0 Å². The summed E-state index contributed by atoms with van der Waals surface area (Å²) in [6.45, 7) is 1.83. The van der Waals surface area contributed by atoms with Gasteiger partial charge in [-0.25, -0.2) is 0 Å². The fraction of sp³-hybridized carbons (Fsp3) is 0.455. The molecule has 0 radical (unpaired) electrons. The fourth-order valence-corrected chi connectivity index (χ4v) is 1.30. The van der Waals surface area contributed by atoms with Crippen LogP contribution in [-0.2, 0) is 0 Å². The number of hydrogen-bond acceptors (Lipinski definition) is 1. The molecular formula is C11H12BrF3O. The van der Waals surface area contributed by atoms with E-state index in [9.17, 15) is 13.2 Å². The molecule has 0 saturated heterocycles. The van der Waals surface area contributed by atoms with Crippen molar-refractivity contribution in [1.29, 1.82) is 0 Å². The Morgan fingerprint density at radius 3 is 2.25 bits per heavy atom. The quantitative estimate of drug-likeness (QED) is 0.802. The normalized spacial score (nSPS) is 12.6. The van der Waals surface area contributed by atoms with E-state index in [1.807, 2.05) is 0 Å². The average molecular weight is 297 g/mol. The average Bonchev–Trinajstić information content (AvgIpc) is 2.15. The van der Waals surface area contributed by atoms with E-state index in [0.717, 1.165) is 13.8 Å². The summed E-state index contributed by atoms with van der Waals surface area (Å²) in [6, 6.07) is 6.82. The molecule has 1 nitrogen and oxygen atoms in total. The van der Waals surface area contributed by atoms with Crippen molar-refractivity contribution in [1.82, 2.24) is 0 Å². The Balaban J connectivity index is 2.69. The van der Waals surface area contributed by atoms with Crippen LogP contribution in [0.1, 0.15) is 13.8 Å². The molecule has 0 amide bonds. The minimum Gasteiger partial charge on any atom is -0.491 e. The third-order valence-electron chi connectivity index (χ3n) is 2.19. The molecule has 0 aliphatic carbocycles. The van der Waals surface area contributed by atoms with Crippen LogP contribution in [0.3, 0.4) is 0 Å². The molecule has 0 aromatic heterocycles. The Hall–Kier alpha value is -0.710. The molecule has 0 saturated carbocycles. The maximum atomic E-state index is 12.5. The van der Waals surface area contributed by atoms with Gasteiger partial charge in [-0.3, -0.25) is 0 Å². The van der Waals surface area contributed by atoms with Gasteiger partial charge in [-0.2, -0.15) is 13.2 Å². The van der Waals surface area contributed by atoms with Gasteiger partial charge in [-0.1, -0.05) is 12.1 Å². The second kappa shape index (κ2) is 4.65. The van der Waals surface area contributed by atoms with E-state index in [0.29, 0.717) is 10.2 Å². The number of halogens is 4. The molecule has 0 aliphatic rings. The number of para-hydroxylation sites is 1. The summed E-state index contributed by atoms with van der Waals surface area (Å²) in [4.78, 5) is 0. The summed E-state index contributed by atoms with van der Waals surface area (Å²) in [5.74, 6) is 0.417. The zero-order valence-electron chi connectivity index (χ0n) is 8.94. The predicted octanol–water partition coefficient (Wildman–Crippen LogP) is 4.42. The molecule has 0 bridgehead atoms. The Morgan fingerprint density at radius 2 is 1.75 bits per heavy atom. The van der Waals surface area contributed by atoms with Crippen molar-refractivity contribution >= 4 is 15.9 Å². The fourth-order valence-electron chi connectivity index (χ4n) is 0.902. The summed E-state index contributed by atoms with van der Waals surface area (Å²) in [6.07, 6.45) is -4.27. The maximum absolute atomic E-state index is 12.5. The lowest BCUT2D eigenvalue weighted by Crippen LogP contribution is -2.37. The van der Waals surface area contributed by atoms with Gasteiger partial charge in [-0.15, -0.1) is 0 Å².